The molecule has 5 nitrogen and oxygen atoms in total. The number of hydrogen-bond acceptors (Lipinski definition) is 5. The van der Waals surface area contributed by atoms with E-state index in [0.717, 1.165) is 46.7 Å². The van der Waals surface area contributed by atoms with Crippen molar-refractivity contribution in [3.63, 3.8) is 0 Å². The van der Waals surface area contributed by atoms with E-state index in [1.807, 2.05) is 102 Å². The fourth-order valence-corrected chi connectivity index (χ4v) is 6.06. The monoisotopic (exact) mass is 581 g/mol. The van der Waals surface area contributed by atoms with Gasteiger partial charge in [-0.1, -0.05) is 112 Å². The van der Waals surface area contributed by atoms with Gasteiger partial charge in [0.2, 0.25) is 0 Å². The first kappa shape index (κ1) is 28.8. The summed E-state index contributed by atoms with van der Waals surface area (Å²) in [5, 5.41) is 4.93. The van der Waals surface area contributed by atoms with E-state index in [9.17, 15) is 4.79 Å². The Hall–Kier alpha value is -3.68. The molecule has 1 fully saturated rings. The molecule has 1 saturated heterocycles. The van der Waals surface area contributed by atoms with E-state index < -0.39 is 0 Å². The molecule has 1 aliphatic heterocycles. The second-order valence-electron chi connectivity index (χ2n) is 10.1. The van der Waals surface area contributed by atoms with Crippen LogP contribution < -0.4 is 4.74 Å². The minimum Gasteiger partial charge on any atom is -0.489 e. The molecule has 1 aromatic heterocycles. The highest BCUT2D eigenvalue weighted by Crippen LogP contribution is 2.35. The molecule has 0 saturated carbocycles. The summed E-state index contributed by atoms with van der Waals surface area (Å²) < 4.78 is 8.48. The lowest BCUT2D eigenvalue weighted by Gasteiger charge is -2.13. The Labute approximate surface area is 252 Å². The lowest BCUT2D eigenvalue weighted by atomic mass is 10.1. The van der Waals surface area contributed by atoms with E-state index in [1.165, 1.54) is 37.4 Å². The molecule has 0 spiro atoms. The average Bonchev–Trinajstić information content (AvgIpc) is 3.55. The molecule has 0 aliphatic carbocycles. The zero-order valence-corrected chi connectivity index (χ0v) is 25.0. The van der Waals surface area contributed by atoms with Gasteiger partial charge in [0.15, 0.2) is 0 Å². The zero-order valence-electron chi connectivity index (χ0n) is 23.4. The van der Waals surface area contributed by atoms with Gasteiger partial charge >= 0.3 is 0 Å². The van der Waals surface area contributed by atoms with Crippen LogP contribution in [0.3, 0.4) is 0 Å². The molecule has 1 aliphatic rings. The Kier molecular flexibility index (Phi) is 10.0. The average molecular weight is 582 g/mol. The summed E-state index contributed by atoms with van der Waals surface area (Å²) >= 11 is 6.98. The predicted molar refractivity (Wildman–Crippen MR) is 173 cm³/mol. The van der Waals surface area contributed by atoms with Gasteiger partial charge in [-0.15, -0.1) is 0 Å². The number of carbonyl (C=O) groups excluding carboxylic acids is 1. The molecule has 0 radical (unpaired) electrons. The molecule has 41 heavy (non-hydrogen) atoms. The van der Waals surface area contributed by atoms with E-state index >= 15 is 0 Å². The zero-order chi connectivity index (χ0) is 28.4. The van der Waals surface area contributed by atoms with Gasteiger partial charge in [-0.25, -0.2) is 4.68 Å². The van der Waals surface area contributed by atoms with E-state index in [0.29, 0.717) is 22.4 Å². The summed E-state index contributed by atoms with van der Waals surface area (Å²) in [6, 6.07) is 28.1. The number of benzene rings is 3. The normalized spacial score (nSPS) is 14.3. The third kappa shape index (κ3) is 7.54. The Morgan fingerprint density at radius 2 is 1.56 bits per heavy atom. The minimum atomic E-state index is -0.0170. The van der Waals surface area contributed by atoms with Crippen molar-refractivity contribution in [3.8, 4) is 22.7 Å². The van der Waals surface area contributed by atoms with Crippen LogP contribution in [0.5, 0.6) is 5.75 Å². The molecule has 5 rings (SSSR count). The first-order valence-corrected chi connectivity index (χ1v) is 15.5. The summed E-state index contributed by atoms with van der Waals surface area (Å²) in [5.41, 5.74) is 4.68. The van der Waals surface area contributed by atoms with Crippen LogP contribution in [0, 0.1) is 0 Å². The van der Waals surface area contributed by atoms with Crippen LogP contribution in [0.4, 0.5) is 0 Å². The molecule has 3 aromatic carbocycles. The number of nitrogens with zero attached hydrogens (tertiary/aromatic N) is 3. The molecule has 1 amide bonds. The second-order valence-corrected chi connectivity index (χ2v) is 11.8. The molecular formula is C34H35N3O2S2. The smallest absolute Gasteiger partial charge is 0.266 e. The number of amides is 1. The maximum absolute atomic E-state index is 13.4. The van der Waals surface area contributed by atoms with E-state index in [-0.39, 0.29) is 5.91 Å². The van der Waals surface area contributed by atoms with Gasteiger partial charge in [0.05, 0.1) is 16.3 Å². The summed E-state index contributed by atoms with van der Waals surface area (Å²) in [4.78, 5) is 15.7. The van der Waals surface area contributed by atoms with Crippen molar-refractivity contribution < 1.29 is 9.53 Å². The van der Waals surface area contributed by atoms with Gasteiger partial charge in [-0.05, 0) is 54.5 Å². The Balaban J connectivity index is 1.35. The number of aromatic nitrogens is 2. The van der Waals surface area contributed by atoms with Crippen LogP contribution in [0.1, 0.15) is 56.6 Å². The van der Waals surface area contributed by atoms with Gasteiger partial charge in [0.1, 0.15) is 16.7 Å². The molecule has 0 unspecified atom stereocenters. The summed E-state index contributed by atoms with van der Waals surface area (Å²) in [6.07, 6.45) is 11.0. The SMILES string of the molecule is CCCCCCCCN1C(=O)/C(=C/c2cn(-c3ccccc3)nc2-c2ccc(OCc3ccccc3)cc2)SC1=S. The van der Waals surface area contributed by atoms with Crippen LogP contribution in [0.2, 0.25) is 0 Å². The van der Waals surface area contributed by atoms with Crippen molar-refractivity contribution in [2.75, 3.05) is 6.54 Å². The summed E-state index contributed by atoms with van der Waals surface area (Å²) in [6.45, 7) is 3.40. The van der Waals surface area contributed by atoms with Crippen molar-refractivity contribution in [2.24, 2.45) is 0 Å². The lowest BCUT2D eigenvalue weighted by molar-refractivity contribution is -0.122. The van der Waals surface area contributed by atoms with Gasteiger partial charge in [0.25, 0.3) is 5.91 Å². The third-order valence-corrected chi connectivity index (χ3v) is 8.41. The number of ether oxygens (including phenoxy) is 1. The third-order valence-electron chi connectivity index (χ3n) is 7.03. The summed E-state index contributed by atoms with van der Waals surface area (Å²) in [7, 11) is 0. The van der Waals surface area contributed by atoms with Crippen LogP contribution in [-0.4, -0.2) is 31.5 Å². The van der Waals surface area contributed by atoms with Gasteiger partial charge in [0, 0.05) is 23.9 Å². The molecule has 4 aromatic rings. The maximum atomic E-state index is 13.4. The molecule has 0 atom stereocenters. The minimum absolute atomic E-state index is 0.0170. The topological polar surface area (TPSA) is 47.4 Å². The van der Waals surface area contributed by atoms with Crippen LogP contribution in [0.15, 0.2) is 96.0 Å². The number of para-hydroxylation sites is 1. The number of thioether (sulfide) groups is 1. The van der Waals surface area contributed by atoms with Crippen molar-refractivity contribution in [2.45, 2.75) is 52.1 Å². The highest BCUT2D eigenvalue weighted by atomic mass is 32.2. The number of unbranched alkanes of at least 4 members (excludes halogenated alkanes) is 5. The van der Waals surface area contributed by atoms with Gasteiger partial charge in [-0.3, -0.25) is 9.69 Å². The maximum Gasteiger partial charge on any atom is 0.266 e. The van der Waals surface area contributed by atoms with Crippen LogP contribution in [0.25, 0.3) is 23.0 Å². The molecular weight excluding hydrogens is 547 g/mol. The van der Waals surface area contributed by atoms with Crippen molar-refractivity contribution in [1.29, 1.82) is 0 Å². The van der Waals surface area contributed by atoms with E-state index in [1.54, 1.807) is 4.90 Å². The number of hydrogen-bond donors (Lipinski definition) is 0. The van der Waals surface area contributed by atoms with Gasteiger partial charge < -0.3 is 4.74 Å². The molecule has 0 bridgehead atoms. The standard InChI is InChI=1S/C34H35N3O2S2/c1-2-3-4-5-6-13-22-36-33(38)31(41-34(36)40)23-28-24-37(29-16-11-8-12-17-29)35-32(28)27-18-20-30(21-19-27)39-25-26-14-9-7-10-15-26/h7-12,14-21,23-24H,2-6,13,22,25H2,1H3/b31-23-. The first-order chi connectivity index (χ1) is 20.1. The highest BCUT2D eigenvalue weighted by Gasteiger charge is 2.32. The van der Waals surface area contributed by atoms with Gasteiger partial charge in [-0.2, -0.15) is 5.10 Å². The Morgan fingerprint density at radius 3 is 2.29 bits per heavy atom. The van der Waals surface area contributed by atoms with Crippen molar-refractivity contribution >= 4 is 40.3 Å². The number of thiocarbonyl (C=S) groups is 1. The Bertz CT molecular complexity index is 1480. The van der Waals surface area contributed by atoms with Crippen molar-refractivity contribution in [1.82, 2.24) is 14.7 Å². The van der Waals surface area contributed by atoms with Crippen LogP contribution >= 0.6 is 24.0 Å². The fraction of sp³-hybridized carbons (Fsp3) is 0.265. The fourth-order valence-electron chi connectivity index (χ4n) is 4.76. The number of carbonyl (C=O) groups is 1. The Morgan fingerprint density at radius 1 is 0.878 bits per heavy atom. The summed E-state index contributed by atoms with van der Waals surface area (Å²) in [5.74, 6) is 0.772. The van der Waals surface area contributed by atoms with Crippen molar-refractivity contribution in [3.05, 3.63) is 107 Å². The molecule has 0 N–H and O–H groups in total. The molecule has 2 heterocycles. The first-order valence-electron chi connectivity index (χ1n) is 14.3. The quantitative estimate of drug-likeness (QED) is 0.0898. The molecule has 7 heteroatoms. The molecule has 210 valence electrons. The largest absolute Gasteiger partial charge is 0.489 e. The van der Waals surface area contributed by atoms with Crippen LogP contribution in [-0.2, 0) is 11.4 Å². The second kappa shape index (κ2) is 14.3. The van der Waals surface area contributed by atoms with E-state index in [4.69, 9.17) is 22.1 Å². The predicted octanol–water partition coefficient (Wildman–Crippen LogP) is 8.68. The lowest BCUT2D eigenvalue weighted by Crippen LogP contribution is -2.29. The van der Waals surface area contributed by atoms with E-state index in [2.05, 4.69) is 6.92 Å². The highest BCUT2D eigenvalue weighted by molar-refractivity contribution is 8.26. The number of rotatable bonds is 13.